The molecule has 7 heteroatoms. The minimum Gasteiger partial charge on any atom is -0.508 e. The Morgan fingerprint density at radius 3 is 2.59 bits per heavy atom. The van der Waals surface area contributed by atoms with E-state index in [4.69, 9.17) is 16.6 Å². The fourth-order valence-electron chi connectivity index (χ4n) is 4.17. The van der Waals surface area contributed by atoms with Crippen molar-refractivity contribution in [3.05, 3.63) is 64.4 Å². The number of nitrogens with zero attached hydrogens (tertiary/aromatic N) is 2. The van der Waals surface area contributed by atoms with Crippen LogP contribution >= 0.6 is 11.6 Å². The van der Waals surface area contributed by atoms with Gasteiger partial charge in [-0.3, -0.25) is 15.1 Å². The second kappa shape index (κ2) is 7.76. The van der Waals surface area contributed by atoms with Crippen molar-refractivity contribution < 1.29 is 14.3 Å². The summed E-state index contributed by atoms with van der Waals surface area (Å²) < 4.78 is 13.4. The number of carbonyl (C=O) groups excluding carboxylic acids is 1. The molecule has 2 aliphatic heterocycles. The molecule has 2 N–H and O–H groups in total. The van der Waals surface area contributed by atoms with E-state index in [-0.39, 0.29) is 23.5 Å². The minimum atomic E-state index is -0.548. The molecule has 152 valence electrons. The van der Waals surface area contributed by atoms with Crippen LogP contribution in [0.4, 0.5) is 4.39 Å². The minimum absolute atomic E-state index is 0.0578. The molecule has 2 heterocycles. The molecule has 4 rings (SSSR count). The molecule has 1 atom stereocenters. The number of amides is 1. The summed E-state index contributed by atoms with van der Waals surface area (Å²) in [6.45, 7) is 2.79. The molecule has 0 aliphatic carbocycles. The van der Waals surface area contributed by atoms with Gasteiger partial charge in [-0.05, 0) is 35.9 Å². The summed E-state index contributed by atoms with van der Waals surface area (Å²) in [7, 11) is 0. The SMILES string of the molecule is CC(=O)N1CCC2(CC1)N=C(c1ccc(F)cc1)CC(c1cc(Cl)ccc1O)N2. The third-order valence-corrected chi connectivity index (χ3v) is 6.00. The summed E-state index contributed by atoms with van der Waals surface area (Å²) in [6.07, 6.45) is 1.86. The Morgan fingerprint density at radius 1 is 1.24 bits per heavy atom. The predicted molar refractivity (Wildman–Crippen MR) is 111 cm³/mol. The average molecular weight is 416 g/mol. The Kier molecular flexibility index (Phi) is 5.32. The van der Waals surface area contributed by atoms with Crippen molar-refractivity contribution >= 4 is 23.2 Å². The molecule has 29 heavy (non-hydrogen) atoms. The number of piperidine rings is 1. The molecule has 2 aromatic carbocycles. The number of phenolic OH excluding ortho intramolecular Hbond substituents is 1. The number of carbonyl (C=O) groups is 1. The number of nitrogens with one attached hydrogen (secondary N) is 1. The third-order valence-electron chi connectivity index (χ3n) is 5.77. The molecule has 1 saturated heterocycles. The molecule has 1 spiro atoms. The van der Waals surface area contributed by atoms with E-state index in [2.05, 4.69) is 5.32 Å². The molecule has 0 saturated carbocycles. The van der Waals surface area contributed by atoms with Gasteiger partial charge in [0.25, 0.3) is 0 Å². The molecule has 1 amide bonds. The second-order valence-electron chi connectivity index (χ2n) is 7.71. The van der Waals surface area contributed by atoms with Crippen LogP contribution < -0.4 is 5.32 Å². The maximum atomic E-state index is 13.4. The second-order valence-corrected chi connectivity index (χ2v) is 8.14. The van der Waals surface area contributed by atoms with Gasteiger partial charge in [0.2, 0.25) is 5.91 Å². The monoisotopic (exact) mass is 415 g/mol. The summed E-state index contributed by atoms with van der Waals surface area (Å²) in [6, 6.07) is 11.1. The highest BCUT2D eigenvalue weighted by molar-refractivity contribution is 6.30. The number of likely N-dealkylation sites (tertiary alicyclic amines) is 1. The zero-order chi connectivity index (χ0) is 20.6. The molecule has 2 aliphatic rings. The molecule has 1 fully saturated rings. The molecule has 2 aromatic rings. The highest BCUT2D eigenvalue weighted by atomic mass is 35.5. The van der Waals surface area contributed by atoms with Crippen LogP contribution in [0, 0.1) is 5.82 Å². The number of phenols is 1. The van der Waals surface area contributed by atoms with Crippen LogP contribution in [0.5, 0.6) is 5.75 Å². The predicted octanol–water partition coefficient (Wildman–Crippen LogP) is 4.05. The van der Waals surface area contributed by atoms with Gasteiger partial charge in [-0.15, -0.1) is 0 Å². The Balaban J connectivity index is 1.71. The van der Waals surface area contributed by atoms with E-state index in [0.717, 1.165) is 11.3 Å². The first kappa shape index (κ1) is 19.9. The molecular formula is C22H23ClFN3O2. The molecule has 5 nitrogen and oxygen atoms in total. The first-order chi connectivity index (χ1) is 13.8. The van der Waals surface area contributed by atoms with Crippen LogP contribution in [0.3, 0.4) is 0 Å². The average Bonchev–Trinajstić information content (AvgIpc) is 2.70. The van der Waals surface area contributed by atoms with Gasteiger partial charge in [-0.25, -0.2) is 4.39 Å². The summed E-state index contributed by atoms with van der Waals surface area (Å²) in [5, 5.41) is 14.6. The topological polar surface area (TPSA) is 64.9 Å². The Hall–Kier alpha value is -2.44. The highest BCUT2D eigenvalue weighted by Gasteiger charge is 2.41. The van der Waals surface area contributed by atoms with Crippen molar-refractivity contribution in [1.29, 1.82) is 0 Å². The summed E-state index contributed by atoms with van der Waals surface area (Å²) in [4.78, 5) is 18.6. The quantitative estimate of drug-likeness (QED) is 0.777. The molecule has 0 bridgehead atoms. The van der Waals surface area contributed by atoms with E-state index in [0.29, 0.717) is 42.9 Å². The zero-order valence-electron chi connectivity index (χ0n) is 16.2. The first-order valence-electron chi connectivity index (χ1n) is 9.71. The van der Waals surface area contributed by atoms with Crippen LogP contribution in [0.15, 0.2) is 47.5 Å². The molecule has 0 aromatic heterocycles. The van der Waals surface area contributed by atoms with Crippen molar-refractivity contribution in [2.24, 2.45) is 4.99 Å². The molecule has 1 unspecified atom stereocenters. The largest absolute Gasteiger partial charge is 0.508 e. The zero-order valence-corrected chi connectivity index (χ0v) is 16.9. The van der Waals surface area contributed by atoms with Crippen molar-refractivity contribution in [3.63, 3.8) is 0 Å². The molecule has 0 radical (unpaired) electrons. The van der Waals surface area contributed by atoms with Gasteiger partial charge in [-0.1, -0.05) is 23.7 Å². The lowest BCUT2D eigenvalue weighted by atomic mass is 9.87. The van der Waals surface area contributed by atoms with Gasteiger partial charge in [0.15, 0.2) is 0 Å². The van der Waals surface area contributed by atoms with Crippen LogP contribution in [0.1, 0.15) is 43.4 Å². The Morgan fingerprint density at radius 2 is 1.93 bits per heavy atom. The van der Waals surface area contributed by atoms with Crippen LogP contribution in [0.2, 0.25) is 5.02 Å². The van der Waals surface area contributed by atoms with Crippen molar-refractivity contribution in [2.75, 3.05) is 13.1 Å². The summed E-state index contributed by atoms with van der Waals surface area (Å²) in [5.74, 6) is -0.0668. The number of aromatic hydroxyl groups is 1. The van der Waals surface area contributed by atoms with Gasteiger partial charge in [0.1, 0.15) is 17.2 Å². The number of rotatable bonds is 2. The molecular weight excluding hydrogens is 393 g/mol. The first-order valence-corrected chi connectivity index (χ1v) is 10.1. The Labute approximate surface area is 174 Å². The van der Waals surface area contributed by atoms with Crippen LogP contribution in [0.25, 0.3) is 0 Å². The van der Waals surface area contributed by atoms with Gasteiger partial charge in [0, 0.05) is 61.6 Å². The third kappa shape index (κ3) is 4.14. The van der Waals surface area contributed by atoms with Crippen LogP contribution in [-0.4, -0.2) is 40.4 Å². The van der Waals surface area contributed by atoms with Crippen molar-refractivity contribution in [1.82, 2.24) is 10.2 Å². The lowest BCUT2D eigenvalue weighted by molar-refractivity contribution is -0.130. The number of hydrogen-bond acceptors (Lipinski definition) is 4. The van der Waals surface area contributed by atoms with E-state index in [1.165, 1.54) is 12.1 Å². The van der Waals surface area contributed by atoms with Crippen molar-refractivity contribution in [3.8, 4) is 5.75 Å². The number of aliphatic imine (C=N–C) groups is 1. The van der Waals surface area contributed by atoms with E-state index >= 15 is 0 Å². The van der Waals surface area contributed by atoms with E-state index in [1.54, 1.807) is 37.3 Å². The van der Waals surface area contributed by atoms with Crippen LogP contribution in [-0.2, 0) is 4.79 Å². The maximum absolute atomic E-state index is 13.4. The lowest BCUT2D eigenvalue weighted by Crippen LogP contribution is -2.56. The summed E-state index contributed by atoms with van der Waals surface area (Å²) >= 11 is 6.18. The van der Waals surface area contributed by atoms with E-state index in [9.17, 15) is 14.3 Å². The Bertz CT molecular complexity index is 953. The number of hydrogen-bond donors (Lipinski definition) is 2. The van der Waals surface area contributed by atoms with Gasteiger partial charge in [0.05, 0.1) is 0 Å². The summed E-state index contributed by atoms with van der Waals surface area (Å²) in [5.41, 5.74) is 1.87. The number of benzene rings is 2. The maximum Gasteiger partial charge on any atom is 0.219 e. The van der Waals surface area contributed by atoms with E-state index < -0.39 is 5.66 Å². The smallest absolute Gasteiger partial charge is 0.219 e. The fraction of sp³-hybridized carbons (Fsp3) is 0.364. The standard InChI is InChI=1S/C22H23ClFN3O2/c1-14(28)27-10-8-22(9-11-27)25-19(15-2-5-17(24)6-3-15)13-20(26-22)18-12-16(23)4-7-21(18)29/h2-7,12,20,26,29H,8-11,13H2,1H3. The van der Waals surface area contributed by atoms with Gasteiger partial charge in [-0.2, -0.15) is 0 Å². The lowest BCUT2D eigenvalue weighted by Gasteiger charge is -2.45. The van der Waals surface area contributed by atoms with Gasteiger partial charge >= 0.3 is 0 Å². The van der Waals surface area contributed by atoms with E-state index in [1.807, 2.05) is 4.90 Å². The fourth-order valence-corrected chi connectivity index (χ4v) is 4.35. The highest BCUT2D eigenvalue weighted by Crippen LogP contribution is 2.38. The normalized spacial score (nSPS) is 21.1. The van der Waals surface area contributed by atoms with Crippen molar-refractivity contribution in [2.45, 2.75) is 37.9 Å². The number of halogens is 2. The van der Waals surface area contributed by atoms with Gasteiger partial charge < -0.3 is 10.0 Å².